The molecule has 0 aliphatic heterocycles. The van der Waals surface area contributed by atoms with Crippen molar-refractivity contribution in [2.45, 2.75) is 6.92 Å². The van der Waals surface area contributed by atoms with E-state index in [1.165, 1.54) is 22.8 Å². The number of hydrogen-bond donors (Lipinski definition) is 0. The van der Waals surface area contributed by atoms with E-state index in [1.807, 2.05) is 24.3 Å². The van der Waals surface area contributed by atoms with Gasteiger partial charge >= 0.3 is 5.97 Å². The Morgan fingerprint density at radius 2 is 1.12 bits per heavy atom. The molecule has 0 bridgehead atoms. The predicted octanol–water partition coefficient (Wildman–Crippen LogP) is 3.54. The van der Waals surface area contributed by atoms with Gasteiger partial charge in [0.25, 0.3) is 0 Å². The molecule has 0 radical (unpaired) electrons. The molecule has 0 aliphatic rings. The largest absolute Gasteiger partial charge is 0.427 e. The molecule has 0 fully saturated rings. The molecule has 0 N–H and O–H groups in total. The lowest BCUT2D eigenvalue weighted by Crippen LogP contribution is -2.30. The minimum Gasteiger partial charge on any atom is -0.427 e. The lowest BCUT2D eigenvalue weighted by Gasteiger charge is -2.23. The molecular weight excluding hydrogens is 315 g/mol. The Balaban J connectivity index is 2.10. The summed E-state index contributed by atoms with van der Waals surface area (Å²) in [6.07, 6.45) is 0. The highest BCUT2D eigenvalue weighted by molar-refractivity contribution is 7.95. The van der Waals surface area contributed by atoms with Crippen LogP contribution in [0.5, 0.6) is 5.75 Å². The number of ether oxygens (including phenoxy) is 1. The van der Waals surface area contributed by atoms with E-state index in [4.69, 9.17) is 4.74 Å². The number of esters is 1. The number of carbonyl (C=O) groups excluding carboxylic acids is 1. The minimum atomic E-state index is -1.72. The molecule has 0 saturated heterocycles. The van der Waals surface area contributed by atoms with Crippen LogP contribution in [-0.4, -0.2) is 12.6 Å². The van der Waals surface area contributed by atoms with E-state index in [9.17, 15) is 4.79 Å². The molecule has 24 heavy (non-hydrogen) atoms. The maximum absolute atomic E-state index is 11.1. The Morgan fingerprint density at radius 3 is 1.54 bits per heavy atom. The summed E-state index contributed by atoms with van der Waals surface area (Å²) in [4.78, 5) is 11.1. The highest BCUT2D eigenvalue weighted by atomic mass is 31.2. The second-order valence-corrected chi connectivity index (χ2v) is 9.33. The first kappa shape index (κ1) is 16.4. The predicted molar refractivity (Wildman–Crippen MR) is 102 cm³/mol. The van der Waals surface area contributed by atoms with Crippen molar-refractivity contribution in [3.8, 4) is 5.75 Å². The molecule has 0 atom stereocenters. The van der Waals surface area contributed by atoms with Crippen molar-refractivity contribution in [2.24, 2.45) is 0 Å². The third-order valence-corrected chi connectivity index (χ3v) is 8.15. The SMILES string of the molecule is CC(=O)Oc1ccc([P+](C)(c2ccccc2)c2ccccc2)cc1. The van der Waals surface area contributed by atoms with E-state index >= 15 is 0 Å². The summed E-state index contributed by atoms with van der Waals surface area (Å²) in [7, 11) is -1.72. The Morgan fingerprint density at radius 1 is 0.708 bits per heavy atom. The first-order chi connectivity index (χ1) is 11.6. The molecule has 3 aromatic carbocycles. The van der Waals surface area contributed by atoms with E-state index in [2.05, 4.69) is 67.3 Å². The second kappa shape index (κ2) is 6.98. The Hall–Kier alpha value is -2.44. The molecule has 0 spiro atoms. The van der Waals surface area contributed by atoms with Crippen LogP contribution in [0.4, 0.5) is 0 Å². The van der Waals surface area contributed by atoms with Gasteiger partial charge in [0.05, 0.1) is 6.66 Å². The van der Waals surface area contributed by atoms with Gasteiger partial charge in [-0.3, -0.25) is 4.79 Å². The lowest BCUT2D eigenvalue weighted by atomic mass is 10.3. The van der Waals surface area contributed by atoms with Gasteiger partial charge in [0.2, 0.25) is 0 Å². The maximum Gasteiger partial charge on any atom is 0.308 e. The van der Waals surface area contributed by atoms with Gasteiger partial charge in [0.15, 0.2) is 0 Å². The van der Waals surface area contributed by atoms with E-state index in [1.54, 1.807) is 0 Å². The van der Waals surface area contributed by atoms with Crippen molar-refractivity contribution >= 4 is 29.1 Å². The number of benzene rings is 3. The first-order valence-corrected chi connectivity index (χ1v) is 10.1. The third kappa shape index (κ3) is 3.25. The molecule has 3 heteroatoms. The van der Waals surface area contributed by atoms with Crippen LogP contribution < -0.4 is 20.7 Å². The number of carbonyl (C=O) groups is 1. The molecule has 0 saturated carbocycles. The van der Waals surface area contributed by atoms with Gasteiger partial charge in [0, 0.05) is 6.92 Å². The quantitative estimate of drug-likeness (QED) is 0.414. The van der Waals surface area contributed by atoms with Crippen molar-refractivity contribution in [2.75, 3.05) is 6.66 Å². The van der Waals surface area contributed by atoms with Gasteiger partial charge < -0.3 is 4.74 Å². The zero-order valence-corrected chi connectivity index (χ0v) is 14.7. The van der Waals surface area contributed by atoms with Crippen LogP contribution in [0.25, 0.3) is 0 Å². The molecule has 0 unspecified atom stereocenters. The minimum absolute atomic E-state index is 0.300. The average molecular weight is 335 g/mol. The first-order valence-electron chi connectivity index (χ1n) is 7.87. The van der Waals surface area contributed by atoms with Crippen LogP contribution in [0.3, 0.4) is 0 Å². The van der Waals surface area contributed by atoms with Crippen LogP contribution in [0, 0.1) is 0 Å². The van der Waals surface area contributed by atoms with Gasteiger partial charge in [-0.1, -0.05) is 36.4 Å². The Bertz CT molecular complexity index is 772. The zero-order valence-electron chi connectivity index (χ0n) is 13.8. The van der Waals surface area contributed by atoms with E-state index in [0.29, 0.717) is 5.75 Å². The van der Waals surface area contributed by atoms with E-state index in [-0.39, 0.29) is 5.97 Å². The second-order valence-electron chi connectivity index (χ2n) is 5.76. The lowest BCUT2D eigenvalue weighted by molar-refractivity contribution is -0.131. The molecule has 2 nitrogen and oxygen atoms in total. The summed E-state index contributed by atoms with van der Waals surface area (Å²) in [6, 6.07) is 29.1. The van der Waals surface area contributed by atoms with Crippen LogP contribution in [0.1, 0.15) is 6.92 Å². The summed E-state index contributed by atoms with van der Waals surface area (Å²) in [5.41, 5.74) is 0. The van der Waals surface area contributed by atoms with E-state index in [0.717, 1.165) is 0 Å². The van der Waals surface area contributed by atoms with Crippen LogP contribution >= 0.6 is 7.26 Å². The van der Waals surface area contributed by atoms with Crippen molar-refractivity contribution in [3.05, 3.63) is 84.9 Å². The van der Waals surface area contributed by atoms with Crippen molar-refractivity contribution in [3.63, 3.8) is 0 Å². The highest BCUT2D eigenvalue weighted by Gasteiger charge is 2.39. The van der Waals surface area contributed by atoms with Crippen molar-refractivity contribution in [1.29, 1.82) is 0 Å². The summed E-state index contributed by atoms with van der Waals surface area (Å²) in [5, 5.41) is 3.92. The molecule has 0 amide bonds. The van der Waals surface area contributed by atoms with E-state index < -0.39 is 7.26 Å². The standard InChI is InChI=1S/C21H20O2P/c1-17(22)23-18-13-15-21(16-14-18)24(2,19-9-5-3-6-10-19)20-11-7-4-8-12-20/h3-16H,1-2H3/q+1. The summed E-state index contributed by atoms with van der Waals surface area (Å²) < 4.78 is 5.17. The molecule has 0 heterocycles. The molecule has 3 rings (SSSR count). The van der Waals surface area contributed by atoms with Crippen LogP contribution in [-0.2, 0) is 4.79 Å². The normalized spacial score (nSPS) is 11.1. The fourth-order valence-corrected chi connectivity index (χ4v) is 6.05. The van der Waals surface area contributed by atoms with Crippen molar-refractivity contribution < 1.29 is 9.53 Å². The van der Waals surface area contributed by atoms with Crippen LogP contribution in [0.2, 0.25) is 0 Å². The van der Waals surface area contributed by atoms with Gasteiger partial charge in [-0.2, -0.15) is 0 Å². The fourth-order valence-electron chi connectivity index (χ4n) is 2.88. The number of rotatable bonds is 4. The van der Waals surface area contributed by atoms with Crippen LogP contribution in [0.15, 0.2) is 84.9 Å². The maximum atomic E-state index is 11.1. The van der Waals surface area contributed by atoms with Gasteiger partial charge in [-0.05, 0) is 48.5 Å². The van der Waals surface area contributed by atoms with Gasteiger partial charge in [-0.15, -0.1) is 0 Å². The van der Waals surface area contributed by atoms with Gasteiger partial charge in [0.1, 0.15) is 28.9 Å². The Kier molecular flexibility index (Phi) is 4.78. The zero-order chi connectivity index (χ0) is 17.0. The monoisotopic (exact) mass is 335 g/mol. The Labute approximate surface area is 143 Å². The molecule has 120 valence electrons. The topological polar surface area (TPSA) is 26.3 Å². The summed E-state index contributed by atoms with van der Waals surface area (Å²) in [6.45, 7) is 3.75. The molecule has 0 aromatic heterocycles. The third-order valence-electron chi connectivity index (χ3n) is 4.16. The molecule has 0 aliphatic carbocycles. The summed E-state index contributed by atoms with van der Waals surface area (Å²) in [5.74, 6) is 0.283. The van der Waals surface area contributed by atoms with Gasteiger partial charge in [-0.25, -0.2) is 0 Å². The highest BCUT2D eigenvalue weighted by Crippen LogP contribution is 2.51. The average Bonchev–Trinajstić information content (AvgIpc) is 2.63. The number of hydrogen-bond acceptors (Lipinski definition) is 2. The molecule has 3 aromatic rings. The van der Waals surface area contributed by atoms with Crippen molar-refractivity contribution in [1.82, 2.24) is 0 Å². The smallest absolute Gasteiger partial charge is 0.308 e. The summed E-state index contributed by atoms with van der Waals surface area (Å²) >= 11 is 0. The molecular formula is C21H20O2P+. The fraction of sp³-hybridized carbons (Fsp3) is 0.0952.